The molecule has 3 heteroatoms. The van der Waals surface area contributed by atoms with Gasteiger partial charge in [0.2, 0.25) is 0 Å². The number of rotatable bonds is 3. The molecule has 1 atom stereocenters. The highest BCUT2D eigenvalue weighted by Crippen LogP contribution is 2.39. The third-order valence-electron chi connectivity index (χ3n) is 5.21. The molecule has 1 aromatic carbocycles. The van der Waals surface area contributed by atoms with E-state index in [0.29, 0.717) is 17.9 Å². The summed E-state index contributed by atoms with van der Waals surface area (Å²) in [7, 11) is 0. The van der Waals surface area contributed by atoms with Crippen molar-refractivity contribution in [1.82, 2.24) is 0 Å². The van der Waals surface area contributed by atoms with E-state index >= 15 is 0 Å². The van der Waals surface area contributed by atoms with Gasteiger partial charge in [0.25, 0.3) is 0 Å². The van der Waals surface area contributed by atoms with E-state index in [4.69, 9.17) is 4.74 Å². The van der Waals surface area contributed by atoms with Crippen LogP contribution in [-0.2, 0) is 9.53 Å². The summed E-state index contributed by atoms with van der Waals surface area (Å²) in [5.74, 6) is 0.490. The van der Waals surface area contributed by atoms with Crippen LogP contribution in [-0.4, -0.2) is 19.0 Å². The molecule has 124 valence electrons. The maximum atomic E-state index is 12.9. The van der Waals surface area contributed by atoms with Crippen LogP contribution in [0.2, 0.25) is 0 Å². The number of aryl methyl sites for hydroxylation is 3. The van der Waals surface area contributed by atoms with Gasteiger partial charge in [0.15, 0.2) is 5.78 Å². The second kappa shape index (κ2) is 6.48. The number of benzene rings is 1. The molecule has 0 aromatic heterocycles. The topological polar surface area (TPSA) is 49.4 Å². The molecule has 1 aliphatic heterocycles. The maximum absolute atomic E-state index is 12.9. The van der Waals surface area contributed by atoms with Crippen LogP contribution in [0.3, 0.4) is 0 Å². The summed E-state index contributed by atoms with van der Waals surface area (Å²) in [5, 5.41) is 12.9. The van der Waals surface area contributed by atoms with Crippen molar-refractivity contribution in [1.29, 1.82) is 0 Å². The largest absolute Gasteiger partial charge is 0.875 e. The van der Waals surface area contributed by atoms with Crippen molar-refractivity contribution < 1.29 is 14.6 Å². The molecule has 1 heterocycles. The van der Waals surface area contributed by atoms with E-state index in [1.165, 1.54) is 5.56 Å². The van der Waals surface area contributed by atoms with Gasteiger partial charge in [-0.1, -0.05) is 17.7 Å². The van der Waals surface area contributed by atoms with Gasteiger partial charge in [0, 0.05) is 25.2 Å². The lowest BCUT2D eigenvalue weighted by molar-refractivity contribution is -0.313. The van der Waals surface area contributed by atoms with Gasteiger partial charge in [-0.15, -0.1) is 5.76 Å². The van der Waals surface area contributed by atoms with Crippen molar-refractivity contribution in [2.24, 2.45) is 11.8 Å². The summed E-state index contributed by atoms with van der Waals surface area (Å²) in [6.07, 6.45) is 3.24. The fourth-order valence-electron chi connectivity index (χ4n) is 4.17. The molecule has 1 saturated heterocycles. The van der Waals surface area contributed by atoms with Crippen molar-refractivity contribution in [2.75, 3.05) is 13.2 Å². The minimum atomic E-state index is -0.124. The summed E-state index contributed by atoms with van der Waals surface area (Å²) in [5.41, 5.74) is 4.56. The van der Waals surface area contributed by atoms with Crippen LogP contribution in [0.4, 0.5) is 0 Å². The van der Waals surface area contributed by atoms with Crippen molar-refractivity contribution in [2.45, 2.75) is 46.5 Å². The maximum Gasteiger partial charge on any atom is 0.163 e. The molecule has 1 aromatic rings. The molecule has 1 aliphatic carbocycles. The Bertz CT molecular complexity index is 628. The van der Waals surface area contributed by atoms with Crippen LogP contribution in [0.5, 0.6) is 0 Å². The SMILES string of the molecule is Cc1cc(C)c(C2=C([O-])C(CC3CCOCC3)CC2=O)c(C)c1. The predicted octanol–water partition coefficient (Wildman–Crippen LogP) is 3.09. The van der Waals surface area contributed by atoms with Gasteiger partial charge >= 0.3 is 0 Å². The van der Waals surface area contributed by atoms with Crippen molar-refractivity contribution in [3.63, 3.8) is 0 Å². The number of Topliss-reactive ketones (excluding diaryl/α,β-unsaturated/α-hetero) is 1. The Morgan fingerprint density at radius 1 is 1.13 bits per heavy atom. The highest BCUT2D eigenvalue weighted by Gasteiger charge is 2.31. The first kappa shape index (κ1) is 16.3. The number of allylic oxidation sites excluding steroid dienone is 2. The molecule has 0 saturated carbocycles. The van der Waals surface area contributed by atoms with E-state index in [-0.39, 0.29) is 17.5 Å². The predicted molar refractivity (Wildman–Crippen MR) is 88.8 cm³/mol. The average molecular weight is 313 g/mol. The minimum Gasteiger partial charge on any atom is -0.875 e. The molecule has 0 radical (unpaired) electrons. The summed E-state index contributed by atoms with van der Waals surface area (Å²) >= 11 is 0. The van der Waals surface area contributed by atoms with Gasteiger partial charge in [-0.2, -0.15) is 0 Å². The minimum absolute atomic E-state index is 0.0297. The number of ether oxygens (including phenoxy) is 1. The summed E-state index contributed by atoms with van der Waals surface area (Å²) in [4.78, 5) is 12.5. The van der Waals surface area contributed by atoms with Gasteiger partial charge in [-0.05, 0) is 68.6 Å². The van der Waals surface area contributed by atoms with E-state index in [2.05, 4.69) is 12.1 Å². The smallest absolute Gasteiger partial charge is 0.163 e. The van der Waals surface area contributed by atoms with E-state index in [1.807, 2.05) is 20.8 Å². The zero-order chi connectivity index (χ0) is 16.6. The monoisotopic (exact) mass is 313 g/mol. The third-order valence-corrected chi connectivity index (χ3v) is 5.21. The molecule has 3 rings (SSSR count). The molecular weight excluding hydrogens is 288 g/mol. The van der Waals surface area contributed by atoms with E-state index in [9.17, 15) is 9.90 Å². The molecule has 1 unspecified atom stereocenters. The van der Waals surface area contributed by atoms with Crippen LogP contribution >= 0.6 is 0 Å². The van der Waals surface area contributed by atoms with Gasteiger partial charge in [-0.25, -0.2) is 0 Å². The van der Waals surface area contributed by atoms with Crippen LogP contribution in [0, 0.1) is 32.6 Å². The Morgan fingerprint density at radius 3 is 2.35 bits per heavy atom. The Hall–Kier alpha value is -1.61. The van der Waals surface area contributed by atoms with Crippen LogP contribution in [0.15, 0.2) is 17.9 Å². The number of carbonyl (C=O) groups excluding carboxylic acids is 1. The summed E-state index contributed by atoms with van der Waals surface area (Å²) < 4.78 is 5.39. The molecule has 1 fully saturated rings. The van der Waals surface area contributed by atoms with Crippen molar-refractivity contribution >= 4 is 11.4 Å². The molecule has 0 bridgehead atoms. The van der Waals surface area contributed by atoms with E-state index in [0.717, 1.165) is 49.2 Å². The Balaban J connectivity index is 1.90. The van der Waals surface area contributed by atoms with Gasteiger partial charge < -0.3 is 9.84 Å². The fourth-order valence-corrected chi connectivity index (χ4v) is 4.17. The number of ketones is 1. The fraction of sp³-hybridized carbons (Fsp3) is 0.550. The molecule has 3 nitrogen and oxygen atoms in total. The Labute approximate surface area is 138 Å². The van der Waals surface area contributed by atoms with Gasteiger partial charge in [0.05, 0.1) is 0 Å². The summed E-state index contributed by atoms with van der Waals surface area (Å²) in [6.45, 7) is 7.60. The van der Waals surface area contributed by atoms with Crippen LogP contribution in [0.25, 0.3) is 5.57 Å². The molecule has 0 N–H and O–H groups in total. The Kier molecular flexibility index (Phi) is 4.58. The first-order chi connectivity index (χ1) is 11.0. The molecular formula is C20H25O3-. The quantitative estimate of drug-likeness (QED) is 0.861. The van der Waals surface area contributed by atoms with Crippen LogP contribution < -0.4 is 5.11 Å². The molecule has 0 spiro atoms. The normalized spacial score (nSPS) is 22.9. The standard InChI is InChI=1S/C20H26O3/c1-12-8-13(2)18(14(3)9-12)19-17(21)11-16(20(19)22)10-15-4-6-23-7-5-15/h8-9,15-16,22H,4-7,10-11H2,1-3H3/p-1. The number of hydrogen-bond donors (Lipinski definition) is 0. The van der Waals surface area contributed by atoms with Crippen molar-refractivity contribution in [3.05, 3.63) is 40.1 Å². The highest BCUT2D eigenvalue weighted by molar-refractivity contribution is 6.24. The third kappa shape index (κ3) is 3.20. The molecule has 23 heavy (non-hydrogen) atoms. The number of hydrogen-bond acceptors (Lipinski definition) is 3. The lowest BCUT2D eigenvalue weighted by Gasteiger charge is -2.28. The Morgan fingerprint density at radius 2 is 1.74 bits per heavy atom. The lowest BCUT2D eigenvalue weighted by atomic mass is 9.88. The van der Waals surface area contributed by atoms with Gasteiger partial charge in [0.1, 0.15) is 0 Å². The number of carbonyl (C=O) groups is 1. The second-order valence-electron chi connectivity index (χ2n) is 7.13. The van der Waals surface area contributed by atoms with E-state index < -0.39 is 0 Å². The first-order valence-corrected chi connectivity index (χ1v) is 8.57. The molecule has 2 aliphatic rings. The average Bonchev–Trinajstić information content (AvgIpc) is 2.75. The first-order valence-electron chi connectivity index (χ1n) is 8.57. The van der Waals surface area contributed by atoms with Gasteiger partial charge in [-0.3, -0.25) is 4.79 Å². The highest BCUT2D eigenvalue weighted by atomic mass is 16.5. The lowest BCUT2D eigenvalue weighted by Crippen LogP contribution is -2.21. The van der Waals surface area contributed by atoms with Crippen LogP contribution in [0.1, 0.15) is 47.9 Å². The zero-order valence-electron chi connectivity index (χ0n) is 14.3. The molecule has 0 amide bonds. The zero-order valence-corrected chi connectivity index (χ0v) is 14.3. The second-order valence-corrected chi connectivity index (χ2v) is 7.13. The van der Waals surface area contributed by atoms with E-state index in [1.54, 1.807) is 0 Å². The summed E-state index contributed by atoms with van der Waals surface area (Å²) in [6, 6.07) is 4.11. The van der Waals surface area contributed by atoms with Crippen molar-refractivity contribution in [3.8, 4) is 0 Å².